The first-order valence-corrected chi connectivity index (χ1v) is 7.60. The zero-order valence-corrected chi connectivity index (χ0v) is 12.8. The van der Waals surface area contributed by atoms with Crippen molar-refractivity contribution in [1.82, 2.24) is 5.32 Å². The predicted octanol–water partition coefficient (Wildman–Crippen LogP) is 4.76. The molecule has 0 radical (unpaired) electrons. The van der Waals surface area contributed by atoms with Gasteiger partial charge < -0.3 is 5.32 Å². The third kappa shape index (κ3) is 4.73. The van der Waals surface area contributed by atoms with E-state index in [0.717, 1.165) is 5.56 Å². The van der Waals surface area contributed by atoms with Crippen molar-refractivity contribution in [3.63, 3.8) is 0 Å². The number of amides is 1. The van der Waals surface area contributed by atoms with E-state index in [0.29, 0.717) is 18.6 Å². The fourth-order valence-electron chi connectivity index (χ4n) is 1.94. The summed E-state index contributed by atoms with van der Waals surface area (Å²) in [6, 6.07) is 2.62. The predicted molar refractivity (Wildman–Crippen MR) is 76.8 cm³/mol. The molecule has 0 bridgehead atoms. The molecular formula is C15H11F6NOS. The van der Waals surface area contributed by atoms with Crippen molar-refractivity contribution < 1.29 is 31.1 Å². The molecule has 0 fully saturated rings. The van der Waals surface area contributed by atoms with Crippen LogP contribution in [0.3, 0.4) is 0 Å². The van der Waals surface area contributed by atoms with Crippen LogP contribution in [0.5, 0.6) is 0 Å². The second kappa shape index (κ2) is 6.84. The number of carbonyl (C=O) groups excluding carboxylic acids is 1. The molecule has 1 aromatic heterocycles. The van der Waals surface area contributed by atoms with Crippen LogP contribution in [0.15, 0.2) is 35.0 Å². The van der Waals surface area contributed by atoms with E-state index in [2.05, 4.69) is 5.32 Å². The topological polar surface area (TPSA) is 29.1 Å². The summed E-state index contributed by atoms with van der Waals surface area (Å²) in [5.74, 6) is -0.984. The number of nitrogens with one attached hydrogen (secondary N) is 1. The lowest BCUT2D eigenvalue weighted by Gasteiger charge is -2.14. The molecule has 0 aliphatic carbocycles. The zero-order valence-electron chi connectivity index (χ0n) is 12.0. The standard InChI is InChI=1S/C15H11F6NOS/c16-14(17,18)11-5-10(6-12(7-11)15(19,20)21)13(23)22-3-1-9-2-4-24-8-9/h2,4-8H,1,3H2,(H,22,23). The van der Waals surface area contributed by atoms with Crippen LogP contribution in [0.2, 0.25) is 0 Å². The Balaban J connectivity index is 2.19. The van der Waals surface area contributed by atoms with E-state index in [1.165, 1.54) is 11.3 Å². The Morgan fingerprint density at radius 2 is 1.58 bits per heavy atom. The number of rotatable bonds is 4. The van der Waals surface area contributed by atoms with E-state index in [9.17, 15) is 31.1 Å². The monoisotopic (exact) mass is 367 g/mol. The second-order valence-corrected chi connectivity index (χ2v) is 5.71. The minimum atomic E-state index is -4.98. The summed E-state index contributed by atoms with van der Waals surface area (Å²) < 4.78 is 76.4. The number of thiophene rings is 1. The number of carbonyl (C=O) groups is 1. The quantitative estimate of drug-likeness (QED) is 0.776. The van der Waals surface area contributed by atoms with Gasteiger partial charge >= 0.3 is 12.4 Å². The molecule has 2 rings (SSSR count). The molecule has 0 aliphatic rings. The highest BCUT2D eigenvalue weighted by Crippen LogP contribution is 2.36. The Morgan fingerprint density at radius 3 is 2.04 bits per heavy atom. The fraction of sp³-hybridized carbons (Fsp3) is 0.267. The van der Waals surface area contributed by atoms with Crippen molar-refractivity contribution in [2.75, 3.05) is 6.54 Å². The minimum absolute atomic E-state index is 0.0118. The highest BCUT2D eigenvalue weighted by Gasteiger charge is 2.37. The van der Waals surface area contributed by atoms with Gasteiger partial charge in [-0.15, -0.1) is 0 Å². The van der Waals surface area contributed by atoms with Gasteiger partial charge in [0.1, 0.15) is 0 Å². The van der Waals surface area contributed by atoms with Crippen molar-refractivity contribution in [2.24, 2.45) is 0 Å². The van der Waals surface area contributed by atoms with Crippen molar-refractivity contribution >= 4 is 17.2 Å². The third-order valence-corrected chi connectivity index (χ3v) is 3.86. The smallest absolute Gasteiger partial charge is 0.352 e. The van der Waals surface area contributed by atoms with Crippen molar-refractivity contribution in [2.45, 2.75) is 18.8 Å². The van der Waals surface area contributed by atoms with Crippen LogP contribution in [-0.4, -0.2) is 12.5 Å². The maximum Gasteiger partial charge on any atom is 0.416 e. The van der Waals surface area contributed by atoms with E-state index in [4.69, 9.17) is 0 Å². The molecule has 130 valence electrons. The summed E-state index contributed by atoms with van der Waals surface area (Å²) in [5, 5.41) is 5.98. The van der Waals surface area contributed by atoms with Gasteiger partial charge in [-0.2, -0.15) is 37.7 Å². The lowest BCUT2D eigenvalue weighted by Crippen LogP contribution is -2.26. The molecule has 2 nitrogen and oxygen atoms in total. The van der Waals surface area contributed by atoms with Crippen molar-refractivity contribution in [3.05, 3.63) is 57.3 Å². The molecule has 1 aromatic carbocycles. The van der Waals surface area contributed by atoms with Gasteiger partial charge in [0.15, 0.2) is 0 Å². The van der Waals surface area contributed by atoms with Crippen LogP contribution in [-0.2, 0) is 18.8 Å². The largest absolute Gasteiger partial charge is 0.416 e. The Labute approximate surface area is 137 Å². The summed E-state index contributed by atoms with van der Waals surface area (Å²) >= 11 is 1.44. The first-order valence-electron chi connectivity index (χ1n) is 6.66. The molecule has 1 N–H and O–H groups in total. The summed E-state index contributed by atoms with van der Waals surface area (Å²) in [5.41, 5.74) is -2.79. The molecule has 0 aliphatic heterocycles. The third-order valence-electron chi connectivity index (χ3n) is 3.13. The van der Waals surface area contributed by atoms with E-state index >= 15 is 0 Å². The summed E-state index contributed by atoms with van der Waals surface area (Å²) in [6.07, 6.45) is -9.53. The van der Waals surface area contributed by atoms with Crippen LogP contribution in [0.1, 0.15) is 27.0 Å². The number of alkyl halides is 6. The van der Waals surface area contributed by atoms with Crippen molar-refractivity contribution in [1.29, 1.82) is 0 Å². The Morgan fingerprint density at radius 1 is 1.00 bits per heavy atom. The molecule has 0 saturated heterocycles. The summed E-state index contributed by atoms with van der Waals surface area (Å²) in [4.78, 5) is 11.9. The average Bonchev–Trinajstić information content (AvgIpc) is 2.98. The lowest BCUT2D eigenvalue weighted by molar-refractivity contribution is -0.143. The molecule has 9 heteroatoms. The first kappa shape index (κ1) is 18.3. The second-order valence-electron chi connectivity index (χ2n) is 4.93. The summed E-state index contributed by atoms with van der Waals surface area (Å²) in [6.45, 7) is 0.104. The molecule has 0 spiro atoms. The van der Waals surface area contributed by atoms with Crippen LogP contribution >= 0.6 is 11.3 Å². The number of hydrogen-bond acceptors (Lipinski definition) is 2. The maximum absolute atomic E-state index is 12.7. The molecular weight excluding hydrogens is 356 g/mol. The highest BCUT2D eigenvalue weighted by molar-refractivity contribution is 7.07. The Kier molecular flexibility index (Phi) is 5.22. The minimum Gasteiger partial charge on any atom is -0.352 e. The molecule has 1 heterocycles. The highest BCUT2D eigenvalue weighted by atomic mass is 32.1. The molecule has 0 atom stereocenters. The van der Waals surface area contributed by atoms with Gasteiger partial charge in [-0.25, -0.2) is 0 Å². The van der Waals surface area contributed by atoms with Gasteiger partial charge in [-0.05, 0) is 47.0 Å². The first-order chi connectivity index (χ1) is 11.1. The van der Waals surface area contributed by atoms with Crippen LogP contribution in [0.4, 0.5) is 26.3 Å². The Bertz CT molecular complexity index is 673. The van der Waals surface area contributed by atoms with Gasteiger partial charge in [0, 0.05) is 12.1 Å². The van der Waals surface area contributed by atoms with Crippen molar-refractivity contribution in [3.8, 4) is 0 Å². The van der Waals surface area contributed by atoms with Crippen LogP contribution in [0.25, 0.3) is 0 Å². The molecule has 24 heavy (non-hydrogen) atoms. The fourth-order valence-corrected chi connectivity index (χ4v) is 2.65. The molecule has 0 saturated carbocycles. The number of halogens is 6. The number of benzene rings is 1. The molecule has 2 aromatic rings. The van der Waals surface area contributed by atoms with Gasteiger partial charge in [0.05, 0.1) is 11.1 Å². The van der Waals surface area contributed by atoms with E-state index in [-0.39, 0.29) is 12.6 Å². The molecule has 0 unspecified atom stereocenters. The van der Waals surface area contributed by atoms with E-state index in [1.807, 2.05) is 16.8 Å². The maximum atomic E-state index is 12.7. The number of hydrogen-bond donors (Lipinski definition) is 1. The van der Waals surface area contributed by atoms with E-state index < -0.39 is 35.0 Å². The van der Waals surface area contributed by atoms with Gasteiger partial charge in [0.25, 0.3) is 5.91 Å². The SMILES string of the molecule is O=C(NCCc1ccsc1)c1cc(C(F)(F)F)cc(C(F)(F)F)c1. The van der Waals surface area contributed by atoms with Gasteiger partial charge in [0.2, 0.25) is 0 Å². The summed E-state index contributed by atoms with van der Waals surface area (Å²) in [7, 11) is 0. The van der Waals surface area contributed by atoms with Gasteiger partial charge in [-0.1, -0.05) is 0 Å². The lowest BCUT2D eigenvalue weighted by atomic mass is 10.0. The normalized spacial score (nSPS) is 12.2. The Hall–Kier alpha value is -2.03. The van der Waals surface area contributed by atoms with E-state index in [1.54, 1.807) is 0 Å². The van der Waals surface area contributed by atoms with Gasteiger partial charge in [-0.3, -0.25) is 4.79 Å². The zero-order chi connectivity index (χ0) is 18.0. The van der Waals surface area contributed by atoms with Crippen LogP contribution < -0.4 is 5.32 Å². The average molecular weight is 367 g/mol. The molecule has 1 amide bonds. The van der Waals surface area contributed by atoms with Crippen LogP contribution in [0, 0.1) is 0 Å².